The van der Waals surface area contributed by atoms with Crippen LogP contribution in [0.1, 0.15) is 20.7 Å². The summed E-state index contributed by atoms with van der Waals surface area (Å²) in [6.45, 7) is 0.837. The van der Waals surface area contributed by atoms with Crippen LogP contribution in [0.2, 0.25) is 0 Å². The van der Waals surface area contributed by atoms with Crippen LogP contribution < -0.4 is 21.3 Å². The summed E-state index contributed by atoms with van der Waals surface area (Å²) in [5.74, 6) is -0.944. The number of benzene rings is 1. The number of nitrogens with two attached hydrogens (primary N) is 1. The molecule has 0 fully saturated rings. The Bertz CT molecular complexity index is 1100. The van der Waals surface area contributed by atoms with Gasteiger partial charge in [-0.1, -0.05) is 12.1 Å². The normalized spacial score (nSPS) is 12.7. The summed E-state index contributed by atoms with van der Waals surface area (Å²) in [5, 5.41) is 6.24. The molecular formula is C18H15N5O4. The summed E-state index contributed by atoms with van der Waals surface area (Å²) in [7, 11) is 0. The molecule has 1 aliphatic rings. The third-order valence-corrected chi connectivity index (χ3v) is 4.20. The fraction of sp³-hybridized carbons (Fsp3) is 0.111. The number of imide groups is 1. The second-order valence-electron chi connectivity index (χ2n) is 5.86. The van der Waals surface area contributed by atoms with Crippen LogP contribution in [0.3, 0.4) is 0 Å². The fourth-order valence-corrected chi connectivity index (χ4v) is 2.97. The van der Waals surface area contributed by atoms with Crippen molar-refractivity contribution in [1.82, 2.24) is 19.7 Å². The number of nitrogens with zero attached hydrogens (tertiary/aromatic N) is 3. The number of rotatable bonds is 5. The second-order valence-corrected chi connectivity index (χ2v) is 5.86. The van der Waals surface area contributed by atoms with Crippen molar-refractivity contribution >= 4 is 17.6 Å². The fourth-order valence-electron chi connectivity index (χ4n) is 2.97. The zero-order valence-electron chi connectivity index (χ0n) is 14.1. The summed E-state index contributed by atoms with van der Waals surface area (Å²) < 4.78 is 8.68. The standard InChI is InChI=1S/C18H15N5O4/c19-16-15-11(17(25)21-18(15)26)10-14(24)23(16)12-4-1-2-5-13(12)27-9-8-22-7-3-6-20-22/h1-7,10H,8-9,19H2,(H,21,25,26). The Labute approximate surface area is 153 Å². The number of nitrogens with one attached hydrogen (secondary N) is 1. The molecular weight excluding hydrogens is 350 g/mol. The van der Waals surface area contributed by atoms with E-state index in [0.717, 1.165) is 6.07 Å². The van der Waals surface area contributed by atoms with Crippen LogP contribution in [0.25, 0.3) is 5.69 Å². The van der Waals surface area contributed by atoms with Crippen LogP contribution >= 0.6 is 0 Å². The van der Waals surface area contributed by atoms with Gasteiger partial charge in [0.1, 0.15) is 18.2 Å². The third kappa shape index (κ3) is 2.84. The smallest absolute Gasteiger partial charge is 0.262 e. The molecule has 0 bridgehead atoms. The number of carbonyl (C=O) groups is 2. The minimum absolute atomic E-state index is 0.00839. The van der Waals surface area contributed by atoms with Gasteiger partial charge in [0.05, 0.1) is 23.4 Å². The molecule has 136 valence electrons. The van der Waals surface area contributed by atoms with Gasteiger partial charge in [-0.25, -0.2) is 0 Å². The van der Waals surface area contributed by atoms with Crippen molar-refractivity contribution < 1.29 is 14.3 Å². The maximum absolute atomic E-state index is 12.6. The summed E-state index contributed by atoms with van der Waals surface area (Å²) in [6.07, 6.45) is 3.49. The molecule has 1 aromatic carbocycles. The topological polar surface area (TPSA) is 121 Å². The van der Waals surface area contributed by atoms with Crippen LogP contribution in [0.15, 0.2) is 53.6 Å². The van der Waals surface area contributed by atoms with Crippen LogP contribution in [-0.2, 0) is 6.54 Å². The lowest BCUT2D eigenvalue weighted by Gasteiger charge is -2.16. The van der Waals surface area contributed by atoms with Crippen molar-refractivity contribution in [3.8, 4) is 11.4 Å². The number of nitrogen functional groups attached to an aromatic ring is 1. The Morgan fingerprint density at radius 1 is 1.11 bits per heavy atom. The molecule has 9 nitrogen and oxygen atoms in total. The lowest BCUT2D eigenvalue weighted by Crippen LogP contribution is -2.24. The quantitative estimate of drug-likeness (QED) is 0.638. The summed E-state index contributed by atoms with van der Waals surface area (Å²) in [5.41, 5.74) is 5.91. The number of ether oxygens (including phenoxy) is 1. The Kier molecular flexibility index (Phi) is 3.96. The first kappa shape index (κ1) is 16.6. The van der Waals surface area contributed by atoms with E-state index in [1.54, 1.807) is 35.1 Å². The highest BCUT2D eigenvalue weighted by Gasteiger charge is 2.32. The van der Waals surface area contributed by atoms with Gasteiger partial charge < -0.3 is 10.5 Å². The van der Waals surface area contributed by atoms with Crippen molar-refractivity contribution in [2.45, 2.75) is 6.54 Å². The zero-order valence-corrected chi connectivity index (χ0v) is 14.1. The predicted molar refractivity (Wildman–Crippen MR) is 96.0 cm³/mol. The van der Waals surface area contributed by atoms with E-state index in [1.807, 2.05) is 12.3 Å². The van der Waals surface area contributed by atoms with E-state index in [0.29, 0.717) is 24.6 Å². The summed E-state index contributed by atoms with van der Waals surface area (Å²) in [4.78, 5) is 36.4. The Balaban J connectivity index is 1.72. The largest absolute Gasteiger partial charge is 0.489 e. The van der Waals surface area contributed by atoms with E-state index in [9.17, 15) is 14.4 Å². The van der Waals surface area contributed by atoms with E-state index >= 15 is 0 Å². The Hall–Kier alpha value is -3.88. The van der Waals surface area contributed by atoms with Gasteiger partial charge in [-0.2, -0.15) is 5.10 Å². The van der Waals surface area contributed by atoms with Gasteiger partial charge >= 0.3 is 0 Å². The first-order chi connectivity index (χ1) is 13.1. The van der Waals surface area contributed by atoms with E-state index in [2.05, 4.69) is 10.4 Å². The maximum Gasteiger partial charge on any atom is 0.262 e. The molecule has 0 radical (unpaired) electrons. The average Bonchev–Trinajstić information content (AvgIpc) is 3.24. The number of anilines is 1. The first-order valence-electron chi connectivity index (χ1n) is 8.17. The van der Waals surface area contributed by atoms with Gasteiger partial charge in [-0.05, 0) is 18.2 Å². The number of hydrogen-bond donors (Lipinski definition) is 2. The maximum atomic E-state index is 12.6. The van der Waals surface area contributed by atoms with Crippen molar-refractivity contribution in [2.75, 3.05) is 12.3 Å². The number of aromatic nitrogens is 3. The molecule has 0 unspecified atom stereocenters. The molecule has 1 aliphatic heterocycles. The van der Waals surface area contributed by atoms with Crippen LogP contribution in [0, 0.1) is 0 Å². The minimum atomic E-state index is -0.630. The molecule has 3 heterocycles. The molecule has 27 heavy (non-hydrogen) atoms. The number of hydrogen-bond acceptors (Lipinski definition) is 6. The number of pyridine rings is 1. The second kappa shape index (κ2) is 6.45. The molecule has 0 spiro atoms. The highest BCUT2D eigenvalue weighted by Crippen LogP contribution is 2.27. The minimum Gasteiger partial charge on any atom is -0.489 e. The van der Waals surface area contributed by atoms with Gasteiger partial charge in [-0.15, -0.1) is 0 Å². The van der Waals surface area contributed by atoms with Crippen LogP contribution in [0.4, 0.5) is 5.82 Å². The van der Waals surface area contributed by atoms with Crippen LogP contribution in [0.5, 0.6) is 5.75 Å². The van der Waals surface area contributed by atoms with E-state index in [-0.39, 0.29) is 16.9 Å². The summed E-state index contributed by atoms with van der Waals surface area (Å²) >= 11 is 0. The molecule has 0 atom stereocenters. The summed E-state index contributed by atoms with van der Waals surface area (Å²) in [6, 6.07) is 9.75. The molecule has 0 aliphatic carbocycles. The van der Waals surface area contributed by atoms with Gasteiger partial charge in [0.2, 0.25) is 0 Å². The van der Waals surface area contributed by atoms with Gasteiger partial charge in [0.25, 0.3) is 17.4 Å². The molecule has 2 amide bonds. The predicted octanol–water partition coefficient (Wildman–Crippen LogP) is 0.579. The Morgan fingerprint density at radius 3 is 2.70 bits per heavy atom. The van der Waals surface area contributed by atoms with E-state index in [1.165, 1.54) is 4.57 Å². The van der Waals surface area contributed by atoms with Crippen molar-refractivity contribution in [3.05, 3.63) is 70.3 Å². The van der Waals surface area contributed by atoms with Crippen LogP contribution in [-0.4, -0.2) is 32.8 Å². The van der Waals surface area contributed by atoms with Gasteiger partial charge in [0.15, 0.2) is 0 Å². The van der Waals surface area contributed by atoms with Crippen molar-refractivity contribution in [2.24, 2.45) is 0 Å². The van der Waals surface area contributed by atoms with Gasteiger partial charge in [-0.3, -0.25) is 28.9 Å². The van der Waals surface area contributed by atoms with Crippen molar-refractivity contribution in [3.63, 3.8) is 0 Å². The third-order valence-electron chi connectivity index (χ3n) is 4.20. The molecule has 3 N–H and O–H groups in total. The molecule has 2 aromatic heterocycles. The van der Waals surface area contributed by atoms with Gasteiger partial charge in [0, 0.05) is 18.5 Å². The van der Waals surface area contributed by atoms with E-state index in [4.69, 9.17) is 10.5 Å². The number of fused-ring (bicyclic) bond motifs is 1. The molecule has 0 saturated carbocycles. The average molecular weight is 365 g/mol. The first-order valence-corrected chi connectivity index (χ1v) is 8.17. The lowest BCUT2D eigenvalue weighted by atomic mass is 10.1. The number of amides is 2. The highest BCUT2D eigenvalue weighted by atomic mass is 16.5. The Morgan fingerprint density at radius 2 is 1.93 bits per heavy atom. The lowest BCUT2D eigenvalue weighted by molar-refractivity contribution is 0.0880. The molecule has 4 rings (SSSR count). The van der Waals surface area contributed by atoms with Crippen molar-refractivity contribution in [1.29, 1.82) is 0 Å². The SMILES string of the molecule is Nc1c2c(cc(=O)n1-c1ccccc1OCCn1cccn1)C(=O)NC2=O. The number of para-hydroxylation sites is 2. The monoisotopic (exact) mass is 365 g/mol. The zero-order chi connectivity index (χ0) is 19.0. The highest BCUT2D eigenvalue weighted by molar-refractivity contribution is 6.23. The molecule has 0 saturated heterocycles. The molecule has 3 aromatic rings. The number of carbonyl (C=O) groups excluding carboxylic acids is 2. The van der Waals surface area contributed by atoms with E-state index < -0.39 is 17.4 Å². The molecule has 9 heteroatoms.